The molecule has 0 amide bonds. The second-order valence-corrected chi connectivity index (χ2v) is 5.06. The minimum absolute atomic E-state index is 0.0202. The van der Waals surface area contributed by atoms with E-state index in [4.69, 9.17) is 0 Å². The SMILES string of the molecule is COC(=O)CCCCCCCCC(Br)C=O. The van der Waals surface area contributed by atoms with Crippen molar-refractivity contribution in [3.05, 3.63) is 0 Å². The Morgan fingerprint density at radius 1 is 1.19 bits per heavy atom. The van der Waals surface area contributed by atoms with E-state index in [1.54, 1.807) is 0 Å². The highest BCUT2D eigenvalue weighted by atomic mass is 79.9. The van der Waals surface area contributed by atoms with Crippen LogP contribution in [0.2, 0.25) is 0 Å². The Morgan fingerprint density at radius 2 is 1.75 bits per heavy atom. The molecule has 0 fully saturated rings. The summed E-state index contributed by atoms with van der Waals surface area (Å²) in [5.41, 5.74) is 0. The predicted molar refractivity (Wildman–Crippen MR) is 67.7 cm³/mol. The van der Waals surface area contributed by atoms with E-state index in [1.807, 2.05) is 0 Å². The lowest BCUT2D eigenvalue weighted by atomic mass is 10.1. The minimum atomic E-state index is -0.117. The van der Waals surface area contributed by atoms with Gasteiger partial charge in [0.1, 0.15) is 6.29 Å². The molecule has 0 aliphatic rings. The Hall–Kier alpha value is -0.380. The normalized spacial score (nSPS) is 12.1. The Labute approximate surface area is 106 Å². The summed E-state index contributed by atoms with van der Waals surface area (Å²) in [5, 5.41) is 0. The second kappa shape index (κ2) is 11.1. The largest absolute Gasteiger partial charge is 0.469 e. The van der Waals surface area contributed by atoms with Crippen molar-refractivity contribution < 1.29 is 14.3 Å². The van der Waals surface area contributed by atoms with Gasteiger partial charge in [0.25, 0.3) is 0 Å². The minimum Gasteiger partial charge on any atom is -0.469 e. The van der Waals surface area contributed by atoms with Crippen molar-refractivity contribution in [2.24, 2.45) is 0 Å². The molecule has 0 N–H and O–H groups in total. The maximum Gasteiger partial charge on any atom is 0.305 e. The number of methoxy groups -OCH3 is 1. The molecule has 0 radical (unpaired) electrons. The fraction of sp³-hybridized carbons (Fsp3) is 0.833. The van der Waals surface area contributed by atoms with Gasteiger partial charge in [-0.05, 0) is 12.8 Å². The number of hydrogen-bond acceptors (Lipinski definition) is 3. The maximum atomic E-state index is 10.8. The fourth-order valence-electron chi connectivity index (χ4n) is 1.49. The first-order valence-corrected chi connectivity index (χ1v) is 6.78. The molecule has 0 rings (SSSR count). The van der Waals surface area contributed by atoms with Gasteiger partial charge >= 0.3 is 5.97 Å². The summed E-state index contributed by atoms with van der Waals surface area (Å²) in [5.74, 6) is -0.117. The summed E-state index contributed by atoms with van der Waals surface area (Å²) >= 11 is 3.28. The topological polar surface area (TPSA) is 43.4 Å². The van der Waals surface area contributed by atoms with E-state index >= 15 is 0 Å². The van der Waals surface area contributed by atoms with Crippen LogP contribution in [0.1, 0.15) is 51.4 Å². The van der Waals surface area contributed by atoms with Crippen molar-refractivity contribution in [2.75, 3.05) is 7.11 Å². The van der Waals surface area contributed by atoms with Gasteiger partial charge in [-0.15, -0.1) is 0 Å². The molecule has 3 nitrogen and oxygen atoms in total. The smallest absolute Gasteiger partial charge is 0.305 e. The van der Waals surface area contributed by atoms with Crippen molar-refractivity contribution in [2.45, 2.75) is 56.2 Å². The molecule has 0 aromatic heterocycles. The number of hydrogen-bond donors (Lipinski definition) is 0. The van der Waals surface area contributed by atoms with E-state index in [0.29, 0.717) is 6.42 Å². The highest BCUT2D eigenvalue weighted by Crippen LogP contribution is 2.12. The fourth-order valence-corrected chi connectivity index (χ4v) is 1.81. The highest BCUT2D eigenvalue weighted by molar-refractivity contribution is 9.09. The predicted octanol–water partition coefficient (Wildman–Crippen LogP) is 3.24. The van der Waals surface area contributed by atoms with Crippen LogP contribution in [0.4, 0.5) is 0 Å². The van der Waals surface area contributed by atoms with Gasteiger partial charge in [-0.25, -0.2) is 0 Å². The molecule has 1 unspecified atom stereocenters. The molecule has 16 heavy (non-hydrogen) atoms. The molecule has 0 spiro atoms. The summed E-state index contributed by atoms with van der Waals surface area (Å²) in [6, 6.07) is 0. The van der Waals surface area contributed by atoms with Crippen molar-refractivity contribution >= 4 is 28.2 Å². The van der Waals surface area contributed by atoms with Crippen LogP contribution in [-0.4, -0.2) is 24.2 Å². The zero-order chi connectivity index (χ0) is 12.2. The van der Waals surface area contributed by atoms with Crippen LogP contribution in [0, 0.1) is 0 Å². The van der Waals surface area contributed by atoms with Crippen LogP contribution in [0.3, 0.4) is 0 Å². The Kier molecular flexibility index (Phi) is 10.9. The quantitative estimate of drug-likeness (QED) is 0.269. The van der Waals surface area contributed by atoms with E-state index < -0.39 is 0 Å². The van der Waals surface area contributed by atoms with Gasteiger partial charge in [0, 0.05) is 6.42 Å². The van der Waals surface area contributed by atoms with E-state index in [9.17, 15) is 9.59 Å². The van der Waals surface area contributed by atoms with Crippen LogP contribution in [0.5, 0.6) is 0 Å². The Bertz CT molecular complexity index is 195. The summed E-state index contributed by atoms with van der Waals surface area (Å²) in [4.78, 5) is 21.1. The molecule has 0 saturated carbocycles. The first-order valence-electron chi connectivity index (χ1n) is 5.87. The Morgan fingerprint density at radius 3 is 2.31 bits per heavy atom. The summed E-state index contributed by atoms with van der Waals surface area (Å²) in [6.07, 6.45) is 8.99. The number of ether oxygens (including phenoxy) is 1. The molecular formula is C12H21BrO3. The number of alkyl halides is 1. The standard InChI is InChI=1S/C12H21BrO3/c1-16-12(15)9-7-5-3-2-4-6-8-11(13)10-14/h10-11H,2-9H2,1H3. The van der Waals surface area contributed by atoms with Crippen LogP contribution in [0.25, 0.3) is 0 Å². The van der Waals surface area contributed by atoms with E-state index in [2.05, 4.69) is 20.7 Å². The number of esters is 1. The van der Waals surface area contributed by atoms with Crippen molar-refractivity contribution in [1.82, 2.24) is 0 Å². The van der Waals surface area contributed by atoms with Crippen LogP contribution in [0.15, 0.2) is 0 Å². The summed E-state index contributed by atoms with van der Waals surface area (Å²) in [6.45, 7) is 0. The van der Waals surface area contributed by atoms with Gasteiger partial charge in [0.15, 0.2) is 0 Å². The number of unbranched alkanes of at least 4 members (excludes halogenated alkanes) is 5. The van der Waals surface area contributed by atoms with Crippen LogP contribution >= 0.6 is 15.9 Å². The molecule has 0 aliphatic carbocycles. The maximum absolute atomic E-state index is 10.8. The molecule has 0 aromatic carbocycles. The summed E-state index contributed by atoms with van der Waals surface area (Å²) in [7, 11) is 1.42. The molecule has 94 valence electrons. The number of halogens is 1. The van der Waals surface area contributed by atoms with Gasteiger partial charge < -0.3 is 9.53 Å². The van der Waals surface area contributed by atoms with E-state index in [-0.39, 0.29) is 10.8 Å². The molecule has 0 saturated heterocycles. The monoisotopic (exact) mass is 292 g/mol. The third kappa shape index (κ3) is 10.1. The third-order valence-corrected chi connectivity index (χ3v) is 3.16. The van der Waals surface area contributed by atoms with Crippen molar-refractivity contribution in [1.29, 1.82) is 0 Å². The number of carbonyl (C=O) groups is 2. The average Bonchev–Trinajstić information content (AvgIpc) is 2.31. The molecule has 1 atom stereocenters. The number of rotatable bonds is 10. The number of carbonyl (C=O) groups excluding carboxylic acids is 2. The van der Waals surface area contributed by atoms with Crippen molar-refractivity contribution in [3.63, 3.8) is 0 Å². The highest BCUT2D eigenvalue weighted by Gasteiger charge is 2.01. The van der Waals surface area contributed by atoms with Crippen LogP contribution in [-0.2, 0) is 14.3 Å². The zero-order valence-corrected chi connectivity index (χ0v) is 11.5. The van der Waals surface area contributed by atoms with Crippen LogP contribution < -0.4 is 0 Å². The average molecular weight is 293 g/mol. The zero-order valence-electron chi connectivity index (χ0n) is 9.91. The first kappa shape index (κ1) is 15.6. The molecular weight excluding hydrogens is 272 g/mol. The van der Waals surface area contributed by atoms with Gasteiger partial charge in [0.05, 0.1) is 11.9 Å². The lowest BCUT2D eigenvalue weighted by Crippen LogP contribution is -1.99. The second-order valence-electron chi connectivity index (χ2n) is 3.89. The lowest BCUT2D eigenvalue weighted by molar-refractivity contribution is -0.140. The van der Waals surface area contributed by atoms with Gasteiger partial charge in [-0.1, -0.05) is 48.0 Å². The molecule has 0 aromatic rings. The molecule has 4 heteroatoms. The summed E-state index contributed by atoms with van der Waals surface area (Å²) < 4.78 is 4.56. The van der Waals surface area contributed by atoms with Gasteiger partial charge in [-0.3, -0.25) is 4.79 Å². The number of aldehydes is 1. The van der Waals surface area contributed by atoms with E-state index in [0.717, 1.165) is 44.8 Å². The first-order chi connectivity index (χ1) is 7.70. The van der Waals surface area contributed by atoms with Gasteiger partial charge in [-0.2, -0.15) is 0 Å². The molecule has 0 bridgehead atoms. The Balaban J connectivity index is 3.10. The van der Waals surface area contributed by atoms with Crippen molar-refractivity contribution in [3.8, 4) is 0 Å². The molecule has 0 heterocycles. The third-order valence-electron chi connectivity index (χ3n) is 2.49. The van der Waals surface area contributed by atoms with E-state index in [1.165, 1.54) is 13.5 Å². The lowest BCUT2D eigenvalue weighted by Gasteiger charge is -2.02. The van der Waals surface area contributed by atoms with Gasteiger partial charge in [0.2, 0.25) is 0 Å². The molecule has 0 aliphatic heterocycles.